The number of aliphatic hydroxyl groups excluding tert-OH is 1. The first-order chi connectivity index (χ1) is 8.33. The van der Waals surface area contributed by atoms with Crippen LogP contribution in [0.5, 0.6) is 0 Å². The second-order valence-electron chi connectivity index (χ2n) is 4.63. The van der Waals surface area contributed by atoms with Crippen LogP contribution in [-0.2, 0) is 13.0 Å². The standard InChI is InChI=1S/C12H21N3O2/c1-2-4-11-13-12(17-14-11)9-15(7-8-16)10-5-3-6-10/h10,16H,2-9H2,1H3. The molecular formula is C12H21N3O2. The number of aromatic nitrogens is 2. The Labute approximate surface area is 102 Å². The molecule has 0 amide bonds. The summed E-state index contributed by atoms with van der Waals surface area (Å²) in [5.41, 5.74) is 0. The number of hydrogen-bond acceptors (Lipinski definition) is 5. The summed E-state index contributed by atoms with van der Waals surface area (Å²) in [5, 5.41) is 13.0. The maximum Gasteiger partial charge on any atom is 0.240 e. The summed E-state index contributed by atoms with van der Waals surface area (Å²) in [5.74, 6) is 1.47. The van der Waals surface area contributed by atoms with E-state index in [0.717, 1.165) is 18.7 Å². The Kier molecular flexibility index (Phi) is 4.50. The molecule has 0 aromatic carbocycles. The predicted molar refractivity (Wildman–Crippen MR) is 63.4 cm³/mol. The zero-order valence-corrected chi connectivity index (χ0v) is 10.4. The van der Waals surface area contributed by atoms with Crippen LogP contribution in [0.2, 0.25) is 0 Å². The zero-order chi connectivity index (χ0) is 12.1. The van der Waals surface area contributed by atoms with Gasteiger partial charge in [-0.25, -0.2) is 0 Å². The molecular weight excluding hydrogens is 218 g/mol. The molecule has 0 saturated heterocycles. The third-order valence-electron chi connectivity index (χ3n) is 3.30. The molecule has 0 radical (unpaired) electrons. The van der Waals surface area contributed by atoms with Crippen molar-refractivity contribution in [1.82, 2.24) is 15.0 Å². The second kappa shape index (κ2) is 6.12. The van der Waals surface area contributed by atoms with Crippen molar-refractivity contribution in [3.63, 3.8) is 0 Å². The topological polar surface area (TPSA) is 62.4 Å². The van der Waals surface area contributed by atoms with Crippen LogP contribution in [0.3, 0.4) is 0 Å². The second-order valence-corrected chi connectivity index (χ2v) is 4.63. The van der Waals surface area contributed by atoms with Crippen molar-refractivity contribution in [1.29, 1.82) is 0 Å². The normalized spacial score (nSPS) is 16.4. The fourth-order valence-electron chi connectivity index (χ4n) is 2.12. The van der Waals surface area contributed by atoms with Crippen LogP contribution >= 0.6 is 0 Å². The molecule has 17 heavy (non-hydrogen) atoms. The molecule has 1 saturated carbocycles. The quantitative estimate of drug-likeness (QED) is 0.778. The molecule has 1 fully saturated rings. The van der Waals surface area contributed by atoms with Gasteiger partial charge in [-0.2, -0.15) is 4.98 Å². The highest BCUT2D eigenvalue weighted by Gasteiger charge is 2.25. The van der Waals surface area contributed by atoms with Crippen LogP contribution < -0.4 is 0 Å². The number of aryl methyl sites for hydroxylation is 1. The van der Waals surface area contributed by atoms with Crippen molar-refractivity contribution in [2.24, 2.45) is 0 Å². The minimum Gasteiger partial charge on any atom is -0.395 e. The monoisotopic (exact) mass is 239 g/mol. The van der Waals surface area contributed by atoms with Crippen molar-refractivity contribution in [2.45, 2.75) is 51.6 Å². The highest BCUT2D eigenvalue weighted by molar-refractivity contribution is 4.89. The largest absolute Gasteiger partial charge is 0.395 e. The van der Waals surface area contributed by atoms with Gasteiger partial charge in [0.05, 0.1) is 13.2 Å². The van der Waals surface area contributed by atoms with E-state index in [2.05, 4.69) is 22.0 Å². The minimum absolute atomic E-state index is 0.187. The van der Waals surface area contributed by atoms with Crippen LogP contribution in [0.25, 0.3) is 0 Å². The summed E-state index contributed by atoms with van der Waals surface area (Å²) in [4.78, 5) is 6.60. The minimum atomic E-state index is 0.187. The molecule has 1 aliphatic rings. The Morgan fingerprint density at radius 1 is 1.47 bits per heavy atom. The van der Waals surface area contributed by atoms with E-state index in [9.17, 15) is 0 Å². The number of hydrogen-bond donors (Lipinski definition) is 1. The smallest absolute Gasteiger partial charge is 0.240 e. The zero-order valence-electron chi connectivity index (χ0n) is 10.4. The highest BCUT2D eigenvalue weighted by atomic mass is 16.5. The summed E-state index contributed by atoms with van der Waals surface area (Å²) in [6, 6.07) is 0.587. The third kappa shape index (κ3) is 3.26. The molecule has 0 bridgehead atoms. The number of rotatable bonds is 7. The molecule has 1 heterocycles. The van der Waals surface area contributed by atoms with E-state index in [1.165, 1.54) is 19.3 Å². The van der Waals surface area contributed by atoms with E-state index in [-0.39, 0.29) is 6.61 Å². The molecule has 5 nitrogen and oxygen atoms in total. The summed E-state index contributed by atoms with van der Waals surface area (Å²) in [6.07, 6.45) is 5.62. The van der Waals surface area contributed by atoms with Gasteiger partial charge in [0.1, 0.15) is 0 Å². The average Bonchev–Trinajstić information content (AvgIpc) is 2.64. The van der Waals surface area contributed by atoms with Gasteiger partial charge in [0.25, 0.3) is 0 Å². The van der Waals surface area contributed by atoms with E-state index in [1.807, 2.05) is 0 Å². The average molecular weight is 239 g/mol. The van der Waals surface area contributed by atoms with E-state index in [1.54, 1.807) is 0 Å². The molecule has 1 aromatic heterocycles. The van der Waals surface area contributed by atoms with Gasteiger partial charge in [0.15, 0.2) is 5.82 Å². The Balaban J connectivity index is 1.90. The lowest BCUT2D eigenvalue weighted by molar-refractivity contribution is 0.0838. The maximum absolute atomic E-state index is 9.06. The Bertz CT molecular complexity index is 336. The van der Waals surface area contributed by atoms with Gasteiger partial charge in [-0.15, -0.1) is 0 Å². The van der Waals surface area contributed by atoms with E-state index in [4.69, 9.17) is 9.63 Å². The summed E-state index contributed by atoms with van der Waals surface area (Å²) >= 11 is 0. The lowest BCUT2D eigenvalue weighted by Crippen LogP contribution is -2.41. The molecule has 0 atom stereocenters. The van der Waals surface area contributed by atoms with Crippen LogP contribution in [-0.4, -0.2) is 39.3 Å². The van der Waals surface area contributed by atoms with Crippen molar-refractivity contribution in [2.75, 3.05) is 13.2 Å². The first-order valence-corrected chi connectivity index (χ1v) is 6.50. The summed E-state index contributed by atoms with van der Waals surface area (Å²) in [6.45, 7) is 3.65. The van der Waals surface area contributed by atoms with Gasteiger partial charge in [0, 0.05) is 19.0 Å². The molecule has 96 valence electrons. The molecule has 0 aliphatic heterocycles. The summed E-state index contributed by atoms with van der Waals surface area (Å²) in [7, 11) is 0. The molecule has 0 spiro atoms. The molecule has 0 unspecified atom stereocenters. The molecule has 1 N–H and O–H groups in total. The van der Waals surface area contributed by atoms with Gasteiger partial charge in [-0.1, -0.05) is 18.5 Å². The van der Waals surface area contributed by atoms with Crippen molar-refractivity contribution in [3.05, 3.63) is 11.7 Å². The first-order valence-electron chi connectivity index (χ1n) is 6.50. The van der Waals surface area contributed by atoms with Crippen LogP contribution in [0, 0.1) is 0 Å². The first kappa shape index (κ1) is 12.5. The molecule has 2 rings (SSSR count). The van der Waals surface area contributed by atoms with Crippen molar-refractivity contribution in [3.8, 4) is 0 Å². The Morgan fingerprint density at radius 3 is 2.88 bits per heavy atom. The van der Waals surface area contributed by atoms with Crippen LogP contribution in [0.4, 0.5) is 0 Å². The lowest BCUT2D eigenvalue weighted by Gasteiger charge is -2.36. The predicted octanol–water partition coefficient (Wildman–Crippen LogP) is 1.37. The van der Waals surface area contributed by atoms with E-state index in [0.29, 0.717) is 25.0 Å². The highest BCUT2D eigenvalue weighted by Crippen LogP contribution is 2.25. The van der Waals surface area contributed by atoms with Gasteiger partial charge in [0.2, 0.25) is 5.89 Å². The fraction of sp³-hybridized carbons (Fsp3) is 0.833. The van der Waals surface area contributed by atoms with E-state index >= 15 is 0 Å². The Morgan fingerprint density at radius 2 is 2.29 bits per heavy atom. The van der Waals surface area contributed by atoms with E-state index < -0.39 is 0 Å². The molecule has 1 aliphatic carbocycles. The lowest BCUT2D eigenvalue weighted by atomic mass is 9.91. The SMILES string of the molecule is CCCc1noc(CN(CCO)C2CCC2)n1. The molecule has 1 aromatic rings. The van der Waals surface area contributed by atoms with Crippen molar-refractivity contribution >= 4 is 0 Å². The van der Waals surface area contributed by atoms with Crippen LogP contribution in [0.1, 0.15) is 44.3 Å². The fourth-order valence-corrected chi connectivity index (χ4v) is 2.12. The van der Waals surface area contributed by atoms with Crippen LogP contribution in [0.15, 0.2) is 4.52 Å². The molecule has 5 heteroatoms. The van der Waals surface area contributed by atoms with Crippen molar-refractivity contribution < 1.29 is 9.63 Å². The van der Waals surface area contributed by atoms with Gasteiger partial charge in [-0.3, -0.25) is 4.90 Å². The van der Waals surface area contributed by atoms with Gasteiger partial charge in [-0.05, 0) is 19.3 Å². The van der Waals surface area contributed by atoms with Gasteiger partial charge >= 0.3 is 0 Å². The van der Waals surface area contributed by atoms with Gasteiger partial charge < -0.3 is 9.63 Å². The maximum atomic E-state index is 9.06. The number of nitrogens with zero attached hydrogens (tertiary/aromatic N) is 3. The third-order valence-corrected chi connectivity index (χ3v) is 3.30. The Hall–Kier alpha value is -0.940. The number of aliphatic hydroxyl groups is 1. The summed E-state index contributed by atoms with van der Waals surface area (Å²) < 4.78 is 5.23.